The highest BCUT2D eigenvalue weighted by Gasteiger charge is 2.27. The zero-order chi connectivity index (χ0) is 30.2. The molecule has 0 N–H and O–H groups in total. The van der Waals surface area contributed by atoms with Crippen molar-refractivity contribution >= 4 is 69.2 Å². The van der Waals surface area contributed by atoms with E-state index < -0.39 is 0 Å². The summed E-state index contributed by atoms with van der Waals surface area (Å²) in [6, 6.07) is 26.7. The minimum atomic E-state index is 0.565. The molecule has 6 heteroatoms. The fourth-order valence-electron chi connectivity index (χ4n) is 5.28. The Morgan fingerprint density at radius 3 is 0.786 bits per heavy atom. The number of hydrogen-bond donors (Lipinski definition) is 0. The Kier molecular flexibility index (Phi) is 11.9. The molecular weight excluding hydrogens is 602 g/mol. The second kappa shape index (κ2) is 15.4. The van der Waals surface area contributed by atoms with Crippen molar-refractivity contribution in [2.24, 2.45) is 0 Å². The van der Waals surface area contributed by atoms with Crippen LogP contribution in [0.2, 0.25) is 0 Å². The molecule has 2 nitrogen and oxygen atoms in total. The summed E-state index contributed by atoms with van der Waals surface area (Å²) in [5.74, 6) is 2.26. The number of aryl methyl sites for hydroxylation is 8. The van der Waals surface area contributed by atoms with Gasteiger partial charge >= 0.3 is 0 Å². The first-order chi connectivity index (χ1) is 20.3. The van der Waals surface area contributed by atoms with Crippen LogP contribution in [0.25, 0.3) is 0 Å². The largest absolute Gasteiger partial charge is 0.248 e. The molecule has 0 radical (unpaired) electrons. The van der Waals surface area contributed by atoms with Crippen LogP contribution < -0.4 is 10.0 Å². The zero-order valence-electron chi connectivity index (χ0n) is 25.0. The normalized spacial score (nSPS) is 11.1. The second-order valence-corrected chi connectivity index (χ2v) is 12.4. The number of benzene rings is 4. The summed E-state index contributed by atoms with van der Waals surface area (Å²) >= 11 is 25.0. The number of alkyl halides is 4. The topological polar surface area (TPSA) is 6.48 Å². The van der Waals surface area contributed by atoms with Crippen LogP contribution in [0.1, 0.15) is 44.5 Å². The van der Waals surface area contributed by atoms with Gasteiger partial charge in [-0.25, -0.2) is 10.0 Å². The number of nitrogens with zero attached hydrogens (tertiary/aromatic N) is 2. The van der Waals surface area contributed by atoms with Crippen LogP contribution in [0.3, 0.4) is 0 Å². The molecule has 0 aliphatic carbocycles. The van der Waals surface area contributed by atoms with E-state index in [-0.39, 0.29) is 0 Å². The fraction of sp³-hybridized carbons (Fsp3) is 0.333. The molecule has 0 aliphatic heterocycles. The van der Waals surface area contributed by atoms with E-state index in [2.05, 4.69) is 111 Å². The molecule has 0 aromatic heterocycles. The monoisotopic (exact) mass is 640 g/mol. The first-order valence-electron chi connectivity index (χ1n) is 14.5. The summed E-state index contributed by atoms with van der Waals surface area (Å²) in [4.78, 5) is 0. The van der Waals surface area contributed by atoms with Crippen molar-refractivity contribution in [3.63, 3.8) is 0 Å². The molecule has 0 saturated carbocycles. The maximum absolute atomic E-state index is 6.24. The Hall–Kier alpha value is -2.36. The highest BCUT2D eigenvalue weighted by atomic mass is 35.5. The number of anilines is 4. The van der Waals surface area contributed by atoms with Crippen molar-refractivity contribution in [3.05, 3.63) is 117 Å². The summed E-state index contributed by atoms with van der Waals surface area (Å²) in [5.41, 5.74) is 13.9. The third-order valence-corrected chi connectivity index (χ3v) is 8.50. The van der Waals surface area contributed by atoms with Gasteiger partial charge in [0, 0.05) is 23.5 Å². The maximum atomic E-state index is 6.24. The van der Waals surface area contributed by atoms with Crippen molar-refractivity contribution in [3.8, 4) is 0 Å². The van der Waals surface area contributed by atoms with Gasteiger partial charge in [-0.1, -0.05) is 48.5 Å². The lowest BCUT2D eigenvalue weighted by atomic mass is 10.0. The van der Waals surface area contributed by atoms with E-state index in [1.807, 2.05) is 0 Å². The number of hydrogen-bond acceptors (Lipinski definition) is 2. The van der Waals surface area contributed by atoms with Crippen LogP contribution in [0, 0.1) is 27.7 Å². The second-order valence-electron chi connectivity index (χ2n) is 10.9. The summed E-state index contributed by atoms with van der Waals surface area (Å²) in [6.45, 7) is 8.71. The van der Waals surface area contributed by atoms with Crippen molar-refractivity contribution in [1.82, 2.24) is 0 Å². The van der Waals surface area contributed by atoms with Gasteiger partial charge in [-0.3, -0.25) is 0 Å². The molecule has 0 saturated heterocycles. The Balaban J connectivity index is 2.13. The van der Waals surface area contributed by atoms with E-state index in [0.717, 1.165) is 48.4 Å². The molecule has 4 aromatic carbocycles. The van der Waals surface area contributed by atoms with E-state index in [0.29, 0.717) is 23.5 Å². The van der Waals surface area contributed by atoms with Crippen LogP contribution >= 0.6 is 46.4 Å². The fourth-order valence-corrected chi connectivity index (χ4v) is 6.15. The van der Waals surface area contributed by atoms with Crippen LogP contribution in [-0.2, 0) is 25.7 Å². The Morgan fingerprint density at radius 1 is 0.381 bits per heavy atom. The van der Waals surface area contributed by atoms with Crippen molar-refractivity contribution in [1.29, 1.82) is 0 Å². The van der Waals surface area contributed by atoms with Gasteiger partial charge in [0.2, 0.25) is 0 Å². The molecule has 0 spiro atoms. The number of rotatable bonds is 13. The standard InChI is InChI=1S/C36H40Cl4N2/c1-25-5-9-29(13-17-37)21-33(25)41(34-22-30(14-18-38)10-6-26(34)2)42(35-23-31(15-19-39)11-7-27(35)3)36-24-32(16-20-40)12-8-28(36)4/h5-12,21-24H,13-20H2,1-4H3. The Bertz CT molecular complexity index is 1280. The third-order valence-electron chi connectivity index (χ3n) is 7.74. The molecule has 0 bridgehead atoms. The van der Waals surface area contributed by atoms with Gasteiger partial charge in [0.05, 0.1) is 22.7 Å². The molecule has 0 amide bonds. The average molecular weight is 643 g/mol. The molecule has 222 valence electrons. The molecule has 0 unspecified atom stereocenters. The van der Waals surface area contributed by atoms with E-state index in [1.54, 1.807) is 0 Å². The lowest BCUT2D eigenvalue weighted by Crippen LogP contribution is -2.38. The molecule has 0 fully saturated rings. The van der Waals surface area contributed by atoms with E-state index in [1.165, 1.54) is 44.5 Å². The lowest BCUT2D eigenvalue weighted by Gasteiger charge is -2.42. The quantitative estimate of drug-likeness (QED) is 0.106. The first kappa shape index (κ1) is 32.6. The summed E-state index contributed by atoms with van der Waals surface area (Å²) in [5, 5.41) is 4.78. The van der Waals surface area contributed by atoms with Crippen LogP contribution in [0.15, 0.2) is 72.8 Å². The Morgan fingerprint density at radius 2 is 0.595 bits per heavy atom. The Labute approximate surface area is 272 Å². The SMILES string of the molecule is Cc1ccc(CCCl)cc1N(c1cc(CCCl)ccc1C)N(c1cc(CCCl)ccc1C)c1cc(CCCl)ccc1C. The van der Waals surface area contributed by atoms with Gasteiger partial charge in [0.25, 0.3) is 0 Å². The van der Waals surface area contributed by atoms with Gasteiger partial charge in [-0.05, 0) is 122 Å². The van der Waals surface area contributed by atoms with Gasteiger partial charge in [-0.2, -0.15) is 0 Å². The molecule has 0 atom stereocenters. The number of hydrazine groups is 1. The highest BCUT2D eigenvalue weighted by molar-refractivity contribution is 6.18. The molecular formula is C36H40Cl4N2. The zero-order valence-corrected chi connectivity index (χ0v) is 28.0. The van der Waals surface area contributed by atoms with E-state index in [9.17, 15) is 0 Å². The van der Waals surface area contributed by atoms with E-state index in [4.69, 9.17) is 46.4 Å². The summed E-state index contributed by atoms with van der Waals surface area (Å²) in [7, 11) is 0. The van der Waals surface area contributed by atoms with E-state index >= 15 is 0 Å². The number of halogens is 4. The van der Waals surface area contributed by atoms with Crippen LogP contribution in [0.4, 0.5) is 22.7 Å². The third kappa shape index (κ3) is 7.58. The summed E-state index contributed by atoms with van der Waals surface area (Å²) in [6.07, 6.45) is 3.18. The van der Waals surface area contributed by atoms with Crippen LogP contribution in [0.5, 0.6) is 0 Å². The summed E-state index contributed by atoms with van der Waals surface area (Å²) < 4.78 is 0. The lowest BCUT2D eigenvalue weighted by molar-refractivity contribution is 0.949. The van der Waals surface area contributed by atoms with Crippen molar-refractivity contribution in [2.75, 3.05) is 33.5 Å². The molecule has 4 rings (SSSR count). The predicted molar refractivity (Wildman–Crippen MR) is 187 cm³/mol. The van der Waals surface area contributed by atoms with Gasteiger partial charge < -0.3 is 0 Å². The first-order valence-corrected chi connectivity index (χ1v) is 16.7. The van der Waals surface area contributed by atoms with Gasteiger partial charge in [-0.15, -0.1) is 46.4 Å². The molecule has 4 aromatic rings. The molecule has 0 heterocycles. The molecule has 0 aliphatic rings. The van der Waals surface area contributed by atoms with Gasteiger partial charge in [0.1, 0.15) is 0 Å². The van der Waals surface area contributed by atoms with Gasteiger partial charge in [0.15, 0.2) is 0 Å². The highest BCUT2D eigenvalue weighted by Crippen LogP contribution is 2.43. The van der Waals surface area contributed by atoms with Crippen molar-refractivity contribution in [2.45, 2.75) is 53.4 Å². The molecule has 42 heavy (non-hydrogen) atoms. The predicted octanol–water partition coefficient (Wildman–Crippen LogP) is 10.9. The van der Waals surface area contributed by atoms with Crippen molar-refractivity contribution < 1.29 is 0 Å². The van der Waals surface area contributed by atoms with Crippen LogP contribution in [-0.4, -0.2) is 23.5 Å². The smallest absolute Gasteiger partial charge is 0.0668 e. The maximum Gasteiger partial charge on any atom is 0.0668 e. The minimum Gasteiger partial charge on any atom is -0.248 e. The average Bonchev–Trinajstić information content (AvgIpc) is 2.97. The minimum absolute atomic E-state index is 0.565.